The lowest BCUT2D eigenvalue weighted by Crippen LogP contribution is -2.48. The number of benzene rings is 1. The maximum Gasteiger partial charge on any atom is 0.436 e. The van der Waals surface area contributed by atoms with Gasteiger partial charge in [-0.15, -0.1) is 0 Å². The van der Waals surface area contributed by atoms with Gasteiger partial charge in [-0.1, -0.05) is 41.4 Å². The number of nitrogens with zero attached hydrogens (tertiary/aromatic N) is 4. The predicted molar refractivity (Wildman–Crippen MR) is 112 cm³/mol. The first-order chi connectivity index (χ1) is 14.7. The molecule has 1 saturated heterocycles. The van der Waals surface area contributed by atoms with Crippen molar-refractivity contribution in [3.05, 3.63) is 51.8 Å². The minimum absolute atomic E-state index is 0.0105. The smallest absolute Gasteiger partial charge is 0.340 e. The van der Waals surface area contributed by atoms with E-state index in [4.69, 9.17) is 11.6 Å². The standard InChI is InChI=1S/C22H26ClF3N4O/c1-15-3-2-4-16(13-15)14-28-9-11-29(12-10-28)18(31)7-8-30-20(17-5-6-17)19(23)21(27-30)22(24,25)26/h2-4,13,17H,5-12,14H2,1H3. The third-order valence-corrected chi connectivity index (χ3v) is 6.29. The first-order valence-corrected chi connectivity index (χ1v) is 11.0. The summed E-state index contributed by atoms with van der Waals surface area (Å²) in [7, 11) is 0. The van der Waals surface area contributed by atoms with E-state index in [1.807, 2.05) is 6.07 Å². The Kier molecular flexibility index (Phi) is 6.30. The minimum Gasteiger partial charge on any atom is -0.340 e. The van der Waals surface area contributed by atoms with Crippen LogP contribution < -0.4 is 0 Å². The number of hydrogen-bond donors (Lipinski definition) is 0. The fourth-order valence-corrected chi connectivity index (χ4v) is 4.53. The number of aryl methyl sites for hydroxylation is 2. The molecule has 4 rings (SSSR count). The average Bonchev–Trinajstić information content (AvgIpc) is 3.48. The zero-order chi connectivity index (χ0) is 22.2. The Balaban J connectivity index is 1.32. The molecule has 168 valence electrons. The molecule has 1 aliphatic heterocycles. The maximum absolute atomic E-state index is 13.2. The molecule has 0 atom stereocenters. The highest BCUT2D eigenvalue weighted by Gasteiger charge is 2.42. The van der Waals surface area contributed by atoms with E-state index in [1.165, 1.54) is 15.8 Å². The van der Waals surface area contributed by atoms with Crippen molar-refractivity contribution in [2.45, 2.75) is 51.4 Å². The van der Waals surface area contributed by atoms with Crippen molar-refractivity contribution >= 4 is 17.5 Å². The monoisotopic (exact) mass is 454 g/mol. The van der Waals surface area contributed by atoms with Gasteiger partial charge in [0.25, 0.3) is 0 Å². The molecule has 5 nitrogen and oxygen atoms in total. The molecule has 1 aromatic carbocycles. The summed E-state index contributed by atoms with van der Waals surface area (Å²) in [6, 6.07) is 8.39. The Labute approximate surface area is 184 Å². The minimum atomic E-state index is -4.59. The van der Waals surface area contributed by atoms with Crippen LogP contribution in [0.2, 0.25) is 5.02 Å². The number of piperazine rings is 1. The molecule has 0 unspecified atom stereocenters. The van der Waals surface area contributed by atoms with Crippen molar-refractivity contribution in [3.63, 3.8) is 0 Å². The lowest BCUT2D eigenvalue weighted by atomic mass is 10.1. The molecule has 2 fully saturated rings. The van der Waals surface area contributed by atoms with Gasteiger partial charge in [0.05, 0.1) is 17.3 Å². The Morgan fingerprint density at radius 3 is 2.52 bits per heavy atom. The van der Waals surface area contributed by atoms with E-state index in [2.05, 4.69) is 35.1 Å². The molecule has 1 saturated carbocycles. The van der Waals surface area contributed by atoms with E-state index in [0.29, 0.717) is 18.8 Å². The summed E-state index contributed by atoms with van der Waals surface area (Å²) in [5.74, 6) is -0.0477. The molecule has 0 bridgehead atoms. The lowest BCUT2D eigenvalue weighted by Gasteiger charge is -2.35. The van der Waals surface area contributed by atoms with Crippen molar-refractivity contribution in [1.29, 1.82) is 0 Å². The SMILES string of the molecule is Cc1cccc(CN2CCN(C(=O)CCn3nc(C(F)(F)F)c(Cl)c3C3CC3)CC2)c1. The van der Waals surface area contributed by atoms with Crippen molar-refractivity contribution in [2.24, 2.45) is 0 Å². The Morgan fingerprint density at radius 1 is 1.19 bits per heavy atom. The molecule has 31 heavy (non-hydrogen) atoms. The van der Waals surface area contributed by atoms with E-state index in [9.17, 15) is 18.0 Å². The molecule has 1 aromatic heterocycles. The summed E-state index contributed by atoms with van der Waals surface area (Å²) in [5.41, 5.74) is 1.85. The van der Waals surface area contributed by atoms with E-state index >= 15 is 0 Å². The molecule has 0 spiro atoms. The zero-order valence-electron chi connectivity index (χ0n) is 17.5. The highest BCUT2D eigenvalue weighted by atomic mass is 35.5. The summed E-state index contributed by atoms with van der Waals surface area (Å²) in [4.78, 5) is 16.8. The van der Waals surface area contributed by atoms with Crippen LogP contribution in [0.3, 0.4) is 0 Å². The van der Waals surface area contributed by atoms with Crippen LogP contribution in [0.15, 0.2) is 24.3 Å². The topological polar surface area (TPSA) is 41.4 Å². The first kappa shape index (κ1) is 22.1. The molecule has 9 heteroatoms. The highest BCUT2D eigenvalue weighted by molar-refractivity contribution is 6.32. The van der Waals surface area contributed by atoms with Gasteiger partial charge >= 0.3 is 6.18 Å². The van der Waals surface area contributed by atoms with Crippen LogP contribution in [-0.2, 0) is 24.1 Å². The van der Waals surface area contributed by atoms with Gasteiger partial charge in [-0.25, -0.2) is 0 Å². The average molecular weight is 455 g/mol. The lowest BCUT2D eigenvalue weighted by molar-refractivity contribution is -0.141. The van der Waals surface area contributed by atoms with Crippen LogP contribution in [0.4, 0.5) is 13.2 Å². The number of alkyl halides is 3. The number of halogens is 4. The second-order valence-electron chi connectivity index (χ2n) is 8.44. The van der Waals surface area contributed by atoms with Gasteiger partial charge in [0.1, 0.15) is 0 Å². The van der Waals surface area contributed by atoms with Crippen LogP contribution in [-0.4, -0.2) is 51.7 Å². The van der Waals surface area contributed by atoms with Crippen LogP contribution in [0.5, 0.6) is 0 Å². The van der Waals surface area contributed by atoms with E-state index in [0.717, 1.165) is 32.5 Å². The van der Waals surface area contributed by atoms with Crippen molar-refractivity contribution < 1.29 is 18.0 Å². The number of rotatable bonds is 6. The number of aromatic nitrogens is 2. The molecule has 2 heterocycles. The second-order valence-corrected chi connectivity index (χ2v) is 8.82. The van der Waals surface area contributed by atoms with Gasteiger partial charge in [-0.05, 0) is 25.3 Å². The van der Waals surface area contributed by atoms with Crippen LogP contribution >= 0.6 is 11.6 Å². The molecule has 0 radical (unpaired) electrons. The summed E-state index contributed by atoms with van der Waals surface area (Å²) in [6.07, 6.45) is -2.87. The van der Waals surface area contributed by atoms with E-state index in [-0.39, 0.29) is 29.8 Å². The number of hydrogen-bond acceptors (Lipinski definition) is 3. The Morgan fingerprint density at radius 2 is 1.90 bits per heavy atom. The van der Waals surface area contributed by atoms with Gasteiger partial charge in [-0.3, -0.25) is 14.4 Å². The fourth-order valence-electron chi connectivity index (χ4n) is 4.14. The number of carbonyl (C=O) groups excluding carboxylic acids is 1. The number of amides is 1. The quantitative estimate of drug-likeness (QED) is 0.646. The van der Waals surface area contributed by atoms with E-state index in [1.54, 1.807) is 4.90 Å². The van der Waals surface area contributed by atoms with Crippen molar-refractivity contribution in [3.8, 4) is 0 Å². The van der Waals surface area contributed by atoms with E-state index < -0.39 is 11.9 Å². The van der Waals surface area contributed by atoms with Gasteiger partial charge in [0.15, 0.2) is 5.69 Å². The Hall–Kier alpha value is -2.06. The van der Waals surface area contributed by atoms with Gasteiger partial charge in [0.2, 0.25) is 5.91 Å². The predicted octanol–water partition coefficient (Wildman–Crippen LogP) is 4.48. The second kappa shape index (κ2) is 8.82. The number of carbonyl (C=O) groups is 1. The highest BCUT2D eigenvalue weighted by Crippen LogP contribution is 2.46. The summed E-state index contributed by atoms with van der Waals surface area (Å²) < 4.78 is 40.9. The molecule has 1 amide bonds. The first-order valence-electron chi connectivity index (χ1n) is 10.6. The van der Waals surface area contributed by atoms with Gasteiger partial charge in [0, 0.05) is 45.1 Å². The summed E-state index contributed by atoms with van der Waals surface area (Å²) in [6.45, 7) is 5.82. The molecule has 2 aliphatic rings. The maximum atomic E-state index is 13.2. The molecule has 1 aliphatic carbocycles. The fraction of sp³-hybridized carbons (Fsp3) is 0.545. The Bertz CT molecular complexity index is 947. The van der Waals surface area contributed by atoms with Gasteiger partial charge in [-0.2, -0.15) is 18.3 Å². The largest absolute Gasteiger partial charge is 0.436 e. The third-order valence-electron chi connectivity index (χ3n) is 5.92. The molecular weight excluding hydrogens is 429 g/mol. The molecular formula is C22H26ClF3N4O. The summed E-state index contributed by atoms with van der Waals surface area (Å²) >= 11 is 6.00. The third kappa shape index (κ3) is 5.23. The molecule has 0 N–H and O–H groups in total. The van der Waals surface area contributed by atoms with Crippen LogP contribution in [0.25, 0.3) is 0 Å². The normalized spacial score (nSPS) is 17.9. The van der Waals surface area contributed by atoms with Crippen LogP contribution in [0.1, 0.15) is 47.7 Å². The van der Waals surface area contributed by atoms with Crippen molar-refractivity contribution in [2.75, 3.05) is 26.2 Å². The van der Waals surface area contributed by atoms with Crippen LogP contribution in [0, 0.1) is 6.92 Å². The zero-order valence-corrected chi connectivity index (χ0v) is 18.2. The molecule has 2 aromatic rings. The van der Waals surface area contributed by atoms with Gasteiger partial charge < -0.3 is 4.90 Å². The van der Waals surface area contributed by atoms with Crippen molar-refractivity contribution in [1.82, 2.24) is 19.6 Å². The summed E-state index contributed by atoms with van der Waals surface area (Å²) in [5, 5.41) is 3.39.